The Labute approximate surface area is 111 Å². The monoisotopic (exact) mass is 268 g/mol. The minimum absolute atomic E-state index is 0.654. The lowest BCUT2D eigenvalue weighted by Crippen LogP contribution is -2.00. The number of halogens is 2. The first-order valence-electron chi connectivity index (χ1n) is 5.65. The summed E-state index contributed by atoms with van der Waals surface area (Å²) < 4.78 is 0. The SMILES string of the molecule is NCCCCc1nccc2cc(Cl)cc(Cl)c12. The molecule has 2 N–H and O–H groups in total. The van der Waals surface area contributed by atoms with Gasteiger partial charge in [-0.05, 0) is 49.4 Å². The van der Waals surface area contributed by atoms with Gasteiger partial charge in [-0.15, -0.1) is 0 Å². The molecule has 0 unspecified atom stereocenters. The van der Waals surface area contributed by atoms with E-state index in [4.69, 9.17) is 28.9 Å². The number of aromatic nitrogens is 1. The van der Waals surface area contributed by atoms with E-state index in [0.29, 0.717) is 16.6 Å². The van der Waals surface area contributed by atoms with Crippen LogP contribution in [0.25, 0.3) is 10.8 Å². The third kappa shape index (κ3) is 2.89. The molecule has 1 heterocycles. The zero-order valence-corrected chi connectivity index (χ0v) is 10.9. The lowest BCUT2D eigenvalue weighted by molar-refractivity contribution is 0.736. The standard InChI is InChI=1S/C13H14Cl2N2/c14-10-7-9-4-6-17-12(3-1-2-5-16)13(9)11(15)8-10/h4,6-8H,1-3,5,16H2. The minimum Gasteiger partial charge on any atom is -0.330 e. The summed E-state index contributed by atoms with van der Waals surface area (Å²) >= 11 is 12.2. The van der Waals surface area contributed by atoms with Crippen LogP contribution in [-0.2, 0) is 6.42 Å². The van der Waals surface area contributed by atoms with E-state index in [0.717, 1.165) is 35.7 Å². The topological polar surface area (TPSA) is 38.9 Å². The average Bonchev–Trinajstić information content (AvgIpc) is 2.28. The summed E-state index contributed by atoms with van der Waals surface area (Å²) in [6.45, 7) is 0.713. The fourth-order valence-corrected chi connectivity index (χ4v) is 2.55. The minimum atomic E-state index is 0.654. The number of hydrogen-bond acceptors (Lipinski definition) is 2. The van der Waals surface area contributed by atoms with Crippen LogP contribution in [0.2, 0.25) is 10.0 Å². The molecule has 2 rings (SSSR count). The molecule has 0 amide bonds. The Morgan fingerprint density at radius 2 is 2.00 bits per heavy atom. The van der Waals surface area contributed by atoms with Gasteiger partial charge in [0.25, 0.3) is 0 Å². The van der Waals surface area contributed by atoms with E-state index in [2.05, 4.69) is 4.98 Å². The third-order valence-corrected chi connectivity index (χ3v) is 3.24. The zero-order valence-electron chi connectivity index (χ0n) is 9.42. The van der Waals surface area contributed by atoms with Crippen molar-refractivity contribution in [3.8, 4) is 0 Å². The third-order valence-electron chi connectivity index (χ3n) is 2.73. The Hall–Kier alpha value is -0.830. The van der Waals surface area contributed by atoms with Crippen LogP contribution in [0.1, 0.15) is 18.5 Å². The van der Waals surface area contributed by atoms with Gasteiger partial charge < -0.3 is 5.73 Å². The van der Waals surface area contributed by atoms with Gasteiger partial charge in [0.2, 0.25) is 0 Å². The summed E-state index contributed by atoms with van der Waals surface area (Å²) in [5.74, 6) is 0. The van der Waals surface area contributed by atoms with Gasteiger partial charge in [0.05, 0.1) is 5.02 Å². The maximum absolute atomic E-state index is 6.23. The van der Waals surface area contributed by atoms with Crippen LogP contribution in [0, 0.1) is 0 Å². The molecule has 0 aliphatic rings. The highest BCUT2D eigenvalue weighted by Gasteiger charge is 2.07. The molecule has 0 aliphatic heterocycles. The number of aryl methyl sites for hydroxylation is 1. The van der Waals surface area contributed by atoms with Crippen molar-refractivity contribution in [3.05, 3.63) is 40.1 Å². The van der Waals surface area contributed by atoms with E-state index in [9.17, 15) is 0 Å². The molecule has 0 spiro atoms. The second-order valence-electron chi connectivity index (χ2n) is 3.99. The highest BCUT2D eigenvalue weighted by Crippen LogP contribution is 2.30. The van der Waals surface area contributed by atoms with Gasteiger partial charge in [-0.25, -0.2) is 0 Å². The predicted molar refractivity (Wildman–Crippen MR) is 73.8 cm³/mol. The molecular formula is C13H14Cl2N2. The molecule has 0 aliphatic carbocycles. The van der Waals surface area contributed by atoms with Crippen molar-refractivity contribution in [2.24, 2.45) is 5.73 Å². The quantitative estimate of drug-likeness (QED) is 0.857. The van der Waals surface area contributed by atoms with Crippen molar-refractivity contribution in [2.45, 2.75) is 19.3 Å². The summed E-state index contributed by atoms with van der Waals surface area (Å²) in [5, 5.41) is 3.38. The normalized spacial score (nSPS) is 11.0. The maximum Gasteiger partial charge on any atom is 0.0517 e. The van der Waals surface area contributed by atoms with Crippen molar-refractivity contribution in [2.75, 3.05) is 6.54 Å². The summed E-state index contributed by atoms with van der Waals surface area (Å²) in [6, 6.07) is 5.61. The van der Waals surface area contributed by atoms with E-state index in [1.807, 2.05) is 12.1 Å². The van der Waals surface area contributed by atoms with E-state index in [-0.39, 0.29) is 0 Å². The van der Waals surface area contributed by atoms with E-state index in [1.165, 1.54) is 0 Å². The summed E-state index contributed by atoms with van der Waals surface area (Å²) in [5.41, 5.74) is 6.52. The number of nitrogens with two attached hydrogens (primary N) is 1. The fraction of sp³-hybridized carbons (Fsp3) is 0.308. The molecule has 0 atom stereocenters. The van der Waals surface area contributed by atoms with E-state index in [1.54, 1.807) is 12.3 Å². The molecule has 0 bridgehead atoms. The summed E-state index contributed by atoms with van der Waals surface area (Å²) in [6.07, 6.45) is 4.73. The molecule has 90 valence electrons. The van der Waals surface area contributed by atoms with Crippen molar-refractivity contribution < 1.29 is 0 Å². The zero-order chi connectivity index (χ0) is 12.3. The van der Waals surface area contributed by atoms with Gasteiger partial charge in [-0.2, -0.15) is 0 Å². The van der Waals surface area contributed by atoms with Crippen molar-refractivity contribution in [1.29, 1.82) is 0 Å². The van der Waals surface area contributed by atoms with Gasteiger partial charge in [-0.1, -0.05) is 23.2 Å². The molecule has 2 nitrogen and oxygen atoms in total. The van der Waals surface area contributed by atoms with E-state index < -0.39 is 0 Å². The molecule has 0 radical (unpaired) electrons. The molecule has 0 fully saturated rings. The molecule has 1 aromatic carbocycles. The summed E-state index contributed by atoms with van der Waals surface area (Å²) in [7, 11) is 0. The summed E-state index contributed by atoms with van der Waals surface area (Å²) in [4.78, 5) is 4.40. The van der Waals surface area contributed by atoms with Gasteiger partial charge in [0.1, 0.15) is 0 Å². The van der Waals surface area contributed by atoms with Crippen LogP contribution in [0.4, 0.5) is 0 Å². The Bertz CT molecular complexity index is 526. The van der Waals surface area contributed by atoms with Crippen LogP contribution in [0.15, 0.2) is 24.4 Å². The first kappa shape index (κ1) is 12.6. The molecule has 0 saturated carbocycles. The molecule has 1 aromatic heterocycles. The Kier molecular flexibility index (Phi) is 4.21. The number of hydrogen-bond donors (Lipinski definition) is 1. The lowest BCUT2D eigenvalue weighted by Gasteiger charge is -2.07. The number of unbranched alkanes of at least 4 members (excludes halogenated alkanes) is 1. The second kappa shape index (κ2) is 5.67. The van der Waals surface area contributed by atoms with Crippen LogP contribution in [0.3, 0.4) is 0 Å². The Balaban J connectivity index is 2.42. The van der Waals surface area contributed by atoms with Gasteiger partial charge in [0.15, 0.2) is 0 Å². The molecule has 4 heteroatoms. The smallest absolute Gasteiger partial charge is 0.0517 e. The van der Waals surface area contributed by atoms with Gasteiger partial charge >= 0.3 is 0 Å². The van der Waals surface area contributed by atoms with Crippen molar-refractivity contribution in [3.63, 3.8) is 0 Å². The van der Waals surface area contributed by atoms with Crippen LogP contribution < -0.4 is 5.73 Å². The number of rotatable bonds is 4. The average molecular weight is 269 g/mol. The Morgan fingerprint density at radius 3 is 2.76 bits per heavy atom. The van der Waals surface area contributed by atoms with Gasteiger partial charge in [0, 0.05) is 22.3 Å². The van der Waals surface area contributed by atoms with Crippen LogP contribution in [-0.4, -0.2) is 11.5 Å². The highest BCUT2D eigenvalue weighted by atomic mass is 35.5. The van der Waals surface area contributed by atoms with Crippen LogP contribution in [0.5, 0.6) is 0 Å². The molecular weight excluding hydrogens is 255 g/mol. The molecule has 2 aromatic rings. The first-order valence-corrected chi connectivity index (χ1v) is 6.40. The number of benzene rings is 1. The largest absolute Gasteiger partial charge is 0.330 e. The van der Waals surface area contributed by atoms with E-state index >= 15 is 0 Å². The first-order chi connectivity index (χ1) is 8.22. The predicted octanol–water partition coefficient (Wildman–Crippen LogP) is 3.82. The number of pyridine rings is 1. The second-order valence-corrected chi connectivity index (χ2v) is 4.83. The number of fused-ring (bicyclic) bond motifs is 1. The molecule has 0 saturated heterocycles. The Morgan fingerprint density at radius 1 is 1.18 bits per heavy atom. The van der Waals surface area contributed by atoms with Crippen molar-refractivity contribution >= 4 is 34.0 Å². The van der Waals surface area contributed by atoms with Crippen molar-refractivity contribution in [1.82, 2.24) is 4.98 Å². The number of nitrogens with zero attached hydrogens (tertiary/aromatic N) is 1. The van der Waals surface area contributed by atoms with Gasteiger partial charge in [-0.3, -0.25) is 4.98 Å². The van der Waals surface area contributed by atoms with Crippen LogP contribution >= 0.6 is 23.2 Å². The fourth-order valence-electron chi connectivity index (χ4n) is 1.93. The highest BCUT2D eigenvalue weighted by molar-refractivity contribution is 6.38. The maximum atomic E-state index is 6.23. The lowest BCUT2D eigenvalue weighted by atomic mass is 10.1. The molecule has 17 heavy (non-hydrogen) atoms.